The Labute approximate surface area is 183 Å². The van der Waals surface area contributed by atoms with Gasteiger partial charge in [0.15, 0.2) is 11.5 Å². The van der Waals surface area contributed by atoms with Gasteiger partial charge >= 0.3 is 0 Å². The van der Waals surface area contributed by atoms with Crippen LogP contribution in [0, 0.1) is 0 Å². The highest BCUT2D eigenvalue weighted by Gasteiger charge is 2.12. The molecule has 3 aromatic rings. The average Bonchev–Trinajstić information content (AvgIpc) is 2.82. The fourth-order valence-electron chi connectivity index (χ4n) is 2.93. The molecule has 0 saturated heterocycles. The number of carbonyl (C=O) groups is 1. The summed E-state index contributed by atoms with van der Waals surface area (Å²) in [5.41, 5.74) is 3.66. The predicted molar refractivity (Wildman–Crippen MR) is 119 cm³/mol. The number of nitrogens with one attached hydrogen (secondary N) is 1. The average molecular weight is 421 g/mol. The number of carbonyl (C=O) groups excluding carboxylic acids is 1. The number of amides is 1. The Bertz CT molecular complexity index is 959. The van der Waals surface area contributed by atoms with Crippen molar-refractivity contribution in [1.82, 2.24) is 10.3 Å². The summed E-state index contributed by atoms with van der Waals surface area (Å²) in [6.07, 6.45) is 3.45. The Morgan fingerprint density at radius 3 is 2.23 bits per heavy atom. The number of rotatable bonds is 11. The number of aromatic nitrogens is 1. The maximum Gasteiger partial charge on any atom is 0.251 e. The molecule has 2 aromatic carbocycles. The van der Waals surface area contributed by atoms with Gasteiger partial charge in [0, 0.05) is 31.1 Å². The fourth-order valence-corrected chi connectivity index (χ4v) is 2.93. The van der Waals surface area contributed by atoms with Crippen LogP contribution in [0.2, 0.25) is 0 Å². The first-order valence-electron chi connectivity index (χ1n) is 10.4. The predicted octanol–water partition coefficient (Wildman–Crippen LogP) is 4.53. The summed E-state index contributed by atoms with van der Waals surface area (Å²) in [4.78, 5) is 16.6. The van der Waals surface area contributed by atoms with Gasteiger partial charge in [0.25, 0.3) is 5.91 Å². The number of nitrogens with zero attached hydrogens (tertiary/aromatic N) is 1. The van der Waals surface area contributed by atoms with E-state index < -0.39 is 0 Å². The molecule has 1 N–H and O–H groups in total. The molecule has 0 unspecified atom stereocenters. The van der Waals surface area contributed by atoms with Gasteiger partial charge < -0.3 is 19.5 Å². The summed E-state index contributed by atoms with van der Waals surface area (Å²) in [6.45, 7) is 6.47. The Kier molecular flexibility index (Phi) is 8.43. The lowest BCUT2D eigenvalue weighted by Gasteiger charge is -2.14. The lowest BCUT2D eigenvalue weighted by Crippen LogP contribution is -2.22. The monoisotopic (exact) mass is 420 g/mol. The molecule has 31 heavy (non-hydrogen) atoms. The minimum Gasteiger partial charge on any atom is -0.490 e. The number of pyridine rings is 1. The van der Waals surface area contributed by atoms with Crippen LogP contribution in [0.1, 0.15) is 40.9 Å². The van der Waals surface area contributed by atoms with E-state index in [1.807, 2.05) is 50.2 Å². The third kappa shape index (κ3) is 6.83. The normalized spacial score (nSPS) is 10.5. The second-order valence-corrected chi connectivity index (χ2v) is 6.87. The molecule has 162 valence electrons. The molecule has 0 aliphatic heterocycles. The van der Waals surface area contributed by atoms with E-state index in [2.05, 4.69) is 10.3 Å². The number of hydrogen-bond donors (Lipinski definition) is 1. The second-order valence-electron chi connectivity index (χ2n) is 6.87. The van der Waals surface area contributed by atoms with E-state index in [0.717, 1.165) is 16.7 Å². The van der Waals surface area contributed by atoms with Gasteiger partial charge in [-0.05, 0) is 60.9 Å². The van der Waals surface area contributed by atoms with Gasteiger partial charge in [-0.2, -0.15) is 0 Å². The van der Waals surface area contributed by atoms with Gasteiger partial charge in [0.1, 0.15) is 6.61 Å². The largest absolute Gasteiger partial charge is 0.490 e. The molecule has 3 rings (SSSR count). The zero-order valence-corrected chi connectivity index (χ0v) is 18.0. The van der Waals surface area contributed by atoms with Crippen LogP contribution < -0.4 is 14.8 Å². The van der Waals surface area contributed by atoms with E-state index in [4.69, 9.17) is 14.2 Å². The molecule has 1 aromatic heterocycles. The molecule has 1 amide bonds. The lowest BCUT2D eigenvalue weighted by atomic mass is 10.1. The van der Waals surface area contributed by atoms with Gasteiger partial charge in [0.05, 0.1) is 13.2 Å². The van der Waals surface area contributed by atoms with Crippen LogP contribution in [0.4, 0.5) is 0 Å². The molecule has 0 atom stereocenters. The van der Waals surface area contributed by atoms with Gasteiger partial charge in [0.2, 0.25) is 0 Å². The molecule has 6 heteroatoms. The third-order valence-corrected chi connectivity index (χ3v) is 4.60. The molecule has 0 aliphatic carbocycles. The smallest absolute Gasteiger partial charge is 0.251 e. The maximum atomic E-state index is 12.6. The molecular weight excluding hydrogens is 392 g/mol. The van der Waals surface area contributed by atoms with Gasteiger partial charge in [-0.3, -0.25) is 9.78 Å². The van der Waals surface area contributed by atoms with Crippen molar-refractivity contribution in [1.29, 1.82) is 0 Å². The zero-order chi connectivity index (χ0) is 21.9. The number of hydrogen-bond acceptors (Lipinski definition) is 5. The van der Waals surface area contributed by atoms with Crippen LogP contribution in [0.15, 0.2) is 67.0 Å². The highest BCUT2D eigenvalue weighted by Crippen LogP contribution is 2.29. The Morgan fingerprint density at radius 1 is 0.806 bits per heavy atom. The van der Waals surface area contributed by atoms with Crippen molar-refractivity contribution >= 4 is 5.91 Å². The minimum atomic E-state index is -0.167. The van der Waals surface area contributed by atoms with Crippen molar-refractivity contribution in [2.45, 2.75) is 33.6 Å². The van der Waals surface area contributed by atoms with Crippen molar-refractivity contribution in [2.75, 3.05) is 13.2 Å². The summed E-state index contributed by atoms with van der Waals surface area (Å²) in [7, 11) is 0. The minimum absolute atomic E-state index is 0.167. The number of benzene rings is 2. The highest BCUT2D eigenvalue weighted by molar-refractivity contribution is 5.94. The molecule has 0 aliphatic rings. The fraction of sp³-hybridized carbons (Fsp3) is 0.280. The van der Waals surface area contributed by atoms with E-state index in [1.54, 1.807) is 30.6 Å². The summed E-state index contributed by atoms with van der Waals surface area (Å²) in [6, 6.07) is 17.0. The molecule has 1 heterocycles. The van der Waals surface area contributed by atoms with Gasteiger partial charge in [-0.1, -0.05) is 24.3 Å². The highest BCUT2D eigenvalue weighted by atomic mass is 16.5. The first-order valence-corrected chi connectivity index (χ1v) is 10.4. The third-order valence-electron chi connectivity index (χ3n) is 4.60. The van der Waals surface area contributed by atoms with Crippen LogP contribution in [0.5, 0.6) is 11.5 Å². The topological polar surface area (TPSA) is 69.7 Å². The number of ether oxygens (including phenoxy) is 3. The second kappa shape index (κ2) is 11.7. The molecule has 6 nitrogen and oxygen atoms in total. The van der Waals surface area contributed by atoms with Crippen LogP contribution in [0.25, 0.3) is 0 Å². The summed E-state index contributed by atoms with van der Waals surface area (Å²) < 4.78 is 17.0. The molecular formula is C25H28N2O4. The van der Waals surface area contributed by atoms with E-state index in [0.29, 0.717) is 50.0 Å². The molecule has 0 spiro atoms. The van der Waals surface area contributed by atoms with Crippen LogP contribution in [0.3, 0.4) is 0 Å². The van der Waals surface area contributed by atoms with E-state index in [-0.39, 0.29) is 5.91 Å². The summed E-state index contributed by atoms with van der Waals surface area (Å²) >= 11 is 0. The first kappa shape index (κ1) is 22.3. The SMILES string of the molecule is CCOCc1ccc(CNC(=O)c2ccc(OCc3ccncc3)c(OCC)c2)cc1. The van der Waals surface area contributed by atoms with E-state index >= 15 is 0 Å². The lowest BCUT2D eigenvalue weighted by molar-refractivity contribution is 0.0950. The Hall–Kier alpha value is -3.38. The van der Waals surface area contributed by atoms with Crippen molar-refractivity contribution in [3.63, 3.8) is 0 Å². The van der Waals surface area contributed by atoms with Gasteiger partial charge in [-0.25, -0.2) is 0 Å². The van der Waals surface area contributed by atoms with E-state index in [1.165, 1.54) is 0 Å². The van der Waals surface area contributed by atoms with Crippen LogP contribution in [-0.4, -0.2) is 24.1 Å². The molecule has 0 saturated carbocycles. The van der Waals surface area contributed by atoms with Crippen molar-refractivity contribution < 1.29 is 19.0 Å². The maximum absolute atomic E-state index is 12.6. The van der Waals surface area contributed by atoms with Crippen LogP contribution in [-0.2, 0) is 24.5 Å². The van der Waals surface area contributed by atoms with Crippen molar-refractivity contribution in [2.24, 2.45) is 0 Å². The molecule has 0 fully saturated rings. The van der Waals surface area contributed by atoms with E-state index in [9.17, 15) is 4.79 Å². The first-order chi connectivity index (χ1) is 15.2. The standard InChI is InChI=1S/C25H28N2O4/c1-3-29-17-20-7-5-19(6-8-20)16-27-25(28)22-9-10-23(24(15-22)30-4-2)31-18-21-11-13-26-14-12-21/h5-15H,3-4,16-18H2,1-2H3,(H,27,28). The Morgan fingerprint density at radius 2 is 1.52 bits per heavy atom. The summed E-state index contributed by atoms with van der Waals surface area (Å²) in [5.74, 6) is 0.976. The zero-order valence-electron chi connectivity index (χ0n) is 18.0. The van der Waals surface area contributed by atoms with Crippen LogP contribution >= 0.6 is 0 Å². The summed E-state index contributed by atoms with van der Waals surface area (Å²) in [5, 5.41) is 2.95. The Balaban J connectivity index is 1.60. The molecule has 0 radical (unpaired) electrons. The van der Waals surface area contributed by atoms with Gasteiger partial charge in [-0.15, -0.1) is 0 Å². The molecule has 0 bridgehead atoms. The quantitative estimate of drug-likeness (QED) is 0.494. The van der Waals surface area contributed by atoms with Crippen molar-refractivity contribution in [3.8, 4) is 11.5 Å². The van der Waals surface area contributed by atoms with Crippen molar-refractivity contribution in [3.05, 3.63) is 89.2 Å².